The quantitative estimate of drug-likeness (QED) is 0.180. The van der Waals surface area contributed by atoms with E-state index in [0.717, 1.165) is 25.0 Å². The first-order valence-electron chi connectivity index (χ1n) is 16.4. The third-order valence-corrected chi connectivity index (χ3v) is 9.19. The summed E-state index contributed by atoms with van der Waals surface area (Å²) in [7, 11) is 0. The van der Waals surface area contributed by atoms with Crippen LogP contribution in [0, 0.1) is 5.82 Å². The Morgan fingerprint density at radius 3 is 2.46 bits per heavy atom. The first kappa shape index (κ1) is 36.5. The number of aromatic amines is 1. The van der Waals surface area contributed by atoms with E-state index in [9.17, 15) is 14.7 Å². The Morgan fingerprint density at radius 2 is 1.83 bits per heavy atom. The molecule has 2 aromatic carbocycles. The maximum absolute atomic E-state index is 15.9. The van der Waals surface area contributed by atoms with Gasteiger partial charge in [0.05, 0.1) is 23.5 Å². The van der Waals surface area contributed by atoms with Gasteiger partial charge in [0.15, 0.2) is 5.82 Å². The Morgan fingerprint density at radius 1 is 1.10 bits per heavy atom. The molecule has 1 unspecified atom stereocenters. The Bertz CT molecular complexity index is 1990. The number of ether oxygens (including phenoxy) is 1. The average Bonchev–Trinajstić information content (AvgIpc) is 3.71. The molecular weight excluding hydrogens is 643 g/mol. The number of nitrogens with zero attached hydrogens (tertiary/aromatic N) is 5. The number of aryl methyl sites for hydroxylation is 1. The second kappa shape index (κ2) is 15.4. The summed E-state index contributed by atoms with van der Waals surface area (Å²) < 4.78 is 30.4. The molecular formula is C35H41FKN6O5. The van der Waals surface area contributed by atoms with E-state index in [2.05, 4.69) is 24.7 Å². The van der Waals surface area contributed by atoms with Gasteiger partial charge in [-0.3, -0.25) is 18.9 Å². The zero-order valence-corrected chi connectivity index (χ0v) is 31.3. The van der Waals surface area contributed by atoms with Crippen LogP contribution in [0.3, 0.4) is 0 Å². The van der Waals surface area contributed by atoms with E-state index in [4.69, 9.17) is 4.74 Å². The van der Waals surface area contributed by atoms with Crippen LogP contribution in [0.1, 0.15) is 89.1 Å². The third kappa shape index (κ3) is 7.52. The third-order valence-electron chi connectivity index (χ3n) is 9.19. The minimum absolute atomic E-state index is 0. The summed E-state index contributed by atoms with van der Waals surface area (Å²) in [6.07, 6.45) is 6.26. The van der Waals surface area contributed by atoms with Crippen LogP contribution in [0.5, 0.6) is 0 Å². The number of nitrogens with one attached hydrogen (secondary N) is 1. The normalized spacial score (nSPS) is 17.4. The zero-order chi connectivity index (χ0) is 33.3. The molecule has 13 heteroatoms. The van der Waals surface area contributed by atoms with Crippen LogP contribution in [0.2, 0.25) is 0 Å². The molecule has 5 aromatic rings. The van der Waals surface area contributed by atoms with Crippen molar-refractivity contribution in [2.45, 2.75) is 103 Å². The second-order valence-electron chi connectivity index (χ2n) is 12.9. The van der Waals surface area contributed by atoms with Gasteiger partial charge >= 0.3 is 5.76 Å². The van der Waals surface area contributed by atoms with Crippen molar-refractivity contribution in [1.29, 1.82) is 0 Å². The molecule has 0 bridgehead atoms. The number of rotatable bonds is 11. The molecule has 0 saturated heterocycles. The van der Waals surface area contributed by atoms with E-state index in [0.29, 0.717) is 59.3 Å². The molecule has 0 amide bonds. The number of hydrogen-bond acceptors (Lipinski definition) is 8. The number of hydrogen-bond donors (Lipinski definition) is 2. The predicted octanol–water partition coefficient (Wildman–Crippen LogP) is 5.25. The number of H-pyrrole nitrogens is 1. The average molecular weight is 684 g/mol. The number of halogens is 1. The van der Waals surface area contributed by atoms with E-state index in [1.807, 2.05) is 26.0 Å². The first-order valence-corrected chi connectivity index (χ1v) is 16.4. The fraction of sp³-hybridized carbons (Fsp3) is 0.457. The van der Waals surface area contributed by atoms with Crippen molar-refractivity contribution in [2.75, 3.05) is 0 Å². The summed E-state index contributed by atoms with van der Waals surface area (Å²) in [4.78, 5) is 33.0. The van der Waals surface area contributed by atoms with Crippen LogP contribution in [-0.2, 0) is 17.6 Å². The smallest absolute Gasteiger partial charge is 0.388 e. The van der Waals surface area contributed by atoms with Crippen LogP contribution in [-0.4, -0.2) is 104 Å². The van der Waals surface area contributed by atoms with Gasteiger partial charge in [-0.1, -0.05) is 61.8 Å². The molecule has 1 saturated carbocycles. The van der Waals surface area contributed by atoms with Gasteiger partial charge in [0.1, 0.15) is 12.1 Å². The molecule has 1 atom stereocenters. The van der Waals surface area contributed by atoms with Gasteiger partial charge in [-0.2, -0.15) is 10.1 Å². The van der Waals surface area contributed by atoms with Gasteiger partial charge in [-0.15, -0.1) is 0 Å². The Kier molecular flexibility index (Phi) is 11.7. The minimum Gasteiger partial charge on any atom is -0.388 e. The Hall–Kier alpha value is -2.78. The van der Waals surface area contributed by atoms with Crippen LogP contribution in [0.25, 0.3) is 28.3 Å². The van der Waals surface area contributed by atoms with Crippen molar-refractivity contribution in [1.82, 2.24) is 29.3 Å². The predicted molar refractivity (Wildman–Crippen MR) is 181 cm³/mol. The van der Waals surface area contributed by atoms with Crippen LogP contribution < -0.4 is 11.3 Å². The first-order chi connectivity index (χ1) is 22.6. The zero-order valence-electron chi connectivity index (χ0n) is 28.2. The van der Waals surface area contributed by atoms with E-state index in [-0.39, 0.29) is 87.4 Å². The summed E-state index contributed by atoms with van der Waals surface area (Å²) in [5, 5.41) is 18.8. The summed E-state index contributed by atoms with van der Waals surface area (Å²) in [6.45, 7) is 7.58. The van der Waals surface area contributed by atoms with E-state index < -0.39 is 17.2 Å². The number of benzene rings is 2. The fourth-order valence-electron chi connectivity index (χ4n) is 6.85. The molecule has 1 radical (unpaired) electrons. The summed E-state index contributed by atoms with van der Waals surface area (Å²) in [5.41, 5.74) is 2.38. The molecule has 6 rings (SSSR count). The number of aliphatic hydroxyl groups is 1. The van der Waals surface area contributed by atoms with Gasteiger partial charge in [0.2, 0.25) is 5.78 Å². The SMILES string of the molecule is CCCc1c(Cc2ccc(-c3ccccc3-c3noc(=O)[nH]3)cc2F)c(=O)n(C2CCC(OC(CC)C(C)(C)O)CC2)c2ncnn12.[K]. The maximum Gasteiger partial charge on any atom is 0.439 e. The topological polar surface area (TPSA) is 141 Å². The summed E-state index contributed by atoms with van der Waals surface area (Å²) >= 11 is 0. The molecule has 249 valence electrons. The molecule has 0 aliphatic heterocycles. The van der Waals surface area contributed by atoms with Crippen LogP contribution in [0.4, 0.5) is 4.39 Å². The molecule has 11 nitrogen and oxygen atoms in total. The van der Waals surface area contributed by atoms with Gasteiger partial charge < -0.3 is 9.84 Å². The van der Waals surface area contributed by atoms with Crippen molar-refractivity contribution in [3.63, 3.8) is 0 Å². The summed E-state index contributed by atoms with van der Waals surface area (Å²) in [5.74, 6) is -0.378. The van der Waals surface area contributed by atoms with E-state index >= 15 is 4.39 Å². The van der Waals surface area contributed by atoms with Gasteiger partial charge in [0.25, 0.3) is 5.56 Å². The second-order valence-corrected chi connectivity index (χ2v) is 12.9. The molecule has 3 heterocycles. The Balaban J connectivity index is 0.00000451. The van der Waals surface area contributed by atoms with Crippen molar-refractivity contribution < 1.29 is 18.8 Å². The largest absolute Gasteiger partial charge is 0.439 e. The van der Waals surface area contributed by atoms with E-state index in [1.54, 1.807) is 47.2 Å². The molecule has 1 fully saturated rings. The van der Waals surface area contributed by atoms with E-state index in [1.165, 1.54) is 12.4 Å². The van der Waals surface area contributed by atoms with Gasteiger partial charge in [0, 0.05) is 75.0 Å². The van der Waals surface area contributed by atoms with Crippen molar-refractivity contribution >= 4 is 57.2 Å². The molecule has 2 N–H and O–H groups in total. The van der Waals surface area contributed by atoms with Crippen LogP contribution in [0.15, 0.2) is 62.9 Å². The molecule has 1 aliphatic rings. The molecule has 3 aromatic heterocycles. The van der Waals surface area contributed by atoms with Gasteiger partial charge in [-0.05, 0) is 75.1 Å². The van der Waals surface area contributed by atoms with Crippen molar-refractivity contribution in [3.05, 3.63) is 92.3 Å². The van der Waals surface area contributed by atoms with Crippen molar-refractivity contribution in [3.8, 4) is 22.5 Å². The van der Waals surface area contributed by atoms with Crippen LogP contribution >= 0.6 is 0 Å². The fourth-order valence-corrected chi connectivity index (χ4v) is 6.85. The Labute approximate surface area is 320 Å². The van der Waals surface area contributed by atoms with Gasteiger partial charge in [-0.25, -0.2) is 13.7 Å². The monoisotopic (exact) mass is 683 g/mol. The summed E-state index contributed by atoms with van der Waals surface area (Å²) in [6, 6.07) is 12.1. The molecule has 48 heavy (non-hydrogen) atoms. The molecule has 1 aliphatic carbocycles. The maximum atomic E-state index is 15.9. The standard InChI is InChI=1S/C35H41FN6O5.K/c1-5-9-29-27(18-22-13-12-21(19-28(22)36)25-10-7-8-11-26(25)31-39-34(44)47-40-31)32(43)41(33-37-20-38-42(29)33)23-14-16-24(17-15-23)46-30(6-2)35(3,4)45;/h7-8,10-13,19-20,23-24,30,45H,5-6,9,14-18H2,1-4H3,(H,39,40,44);. The molecule has 0 spiro atoms. The van der Waals surface area contributed by atoms with Crippen molar-refractivity contribution in [2.24, 2.45) is 0 Å². The minimum atomic E-state index is -0.936. The number of aromatic nitrogens is 6. The number of fused-ring (bicyclic) bond motifs is 1.